The molecule has 0 fully saturated rings. The van der Waals surface area contributed by atoms with Gasteiger partial charge in [-0.3, -0.25) is 14.6 Å². The van der Waals surface area contributed by atoms with E-state index in [4.69, 9.17) is 15.5 Å². The highest BCUT2D eigenvalue weighted by Crippen LogP contribution is 2.39. The third kappa shape index (κ3) is 4.72. The van der Waals surface area contributed by atoms with Crippen LogP contribution >= 0.6 is 0 Å². The highest BCUT2D eigenvalue weighted by molar-refractivity contribution is 6.05. The van der Waals surface area contributed by atoms with Crippen LogP contribution in [0.15, 0.2) is 24.3 Å². The number of aromatic nitrogens is 1. The van der Waals surface area contributed by atoms with Gasteiger partial charge in [0.2, 0.25) is 5.91 Å². The smallest absolute Gasteiger partial charge is 0.339 e. The maximum Gasteiger partial charge on any atom is 0.339 e. The van der Waals surface area contributed by atoms with Crippen LogP contribution in [-0.2, 0) is 27.2 Å². The molecule has 1 aliphatic carbocycles. The van der Waals surface area contributed by atoms with Crippen molar-refractivity contribution in [3.63, 3.8) is 0 Å². The molecule has 2 amide bonds. The van der Waals surface area contributed by atoms with Crippen molar-refractivity contribution < 1.29 is 19.1 Å². The van der Waals surface area contributed by atoms with Gasteiger partial charge in [0, 0.05) is 11.1 Å². The Balaban J connectivity index is 1.92. The maximum atomic E-state index is 13.0. The molecule has 29 heavy (non-hydrogen) atoms. The number of nitrogens with two attached hydrogens (primary N) is 1. The van der Waals surface area contributed by atoms with E-state index in [1.54, 1.807) is 0 Å². The number of hydrogen-bond acceptors (Lipinski definition) is 5. The fourth-order valence-electron chi connectivity index (χ4n) is 3.80. The number of primary amides is 1. The Morgan fingerprint density at radius 2 is 1.97 bits per heavy atom. The highest BCUT2D eigenvalue weighted by atomic mass is 16.5. The summed E-state index contributed by atoms with van der Waals surface area (Å²) < 4.78 is 5.29. The van der Waals surface area contributed by atoms with Gasteiger partial charge in [0.25, 0.3) is 5.91 Å². The van der Waals surface area contributed by atoms with Crippen LogP contribution in [0.3, 0.4) is 0 Å². The van der Waals surface area contributed by atoms with Crippen molar-refractivity contribution in [1.82, 2.24) is 10.3 Å². The van der Waals surface area contributed by atoms with E-state index in [1.165, 1.54) is 0 Å². The van der Waals surface area contributed by atoms with Crippen LogP contribution < -0.4 is 11.1 Å². The van der Waals surface area contributed by atoms with Crippen molar-refractivity contribution in [2.45, 2.75) is 40.0 Å². The number of benzene rings is 1. The molecule has 0 aliphatic heterocycles. The lowest BCUT2D eigenvalue weighted by molar-refractivity contribution is -0.127. The minimum Gasteiger partial charge on any atom is -0.452 e. The number of nitrogens with zero attached hydrogens (tertiary/aromatic N) is 1. The molecule has 0 unspecified atom stereocenters. The quantitative estimate of drug-likeness (QED) is 0.751. The van der Waals surface area contributed by atoms with Crippen molar-refractivity contribution in [2.75, 3.05) is 13.2 Å². The highest BCUT2D eigenvalue weighted by Gasteiger charge is 2.33. The topological polar surface area (TPSA) is 111 Å². The second-order valence-electron chi connectivity index (χ2n) is 8.55. The first-order chi connectivity index (χ1) is 13.7. The number of esters is 1. The maximum absolute atomic E-state index is 13.0. The number of nitrogens with one attached hydrogen (secondary N) is 1. The van der Waals surface area contributed by atoms with E-state index in [0.29, 0.717) is 11.5 Å². The van der Waals surface area contributed by atoms with E-state index in [-0.39, 0.29) is 12.0 Å². The van der Waals surface area contributed by atoms with Crippen molar-refractivity contribution >= 4 is 28.7 Å². The fraction of sp³-hybridized carbons (Fsp3) is 0.455. The molecule has 0 radical (unpaired) electrons. The van der Waals surface area contributed by atoms with E-state index in [0.717, 1.165) is 41.4 Å². The number of ether oxygens (including phenoxy) is 1. The van der Waals surface area contributed by atoms with Gasteiger partial charge < -0.3 is 15.8 Å². The number of para-hydroxylation sites is 1. The number of rotatable bonds is 5. The van der Waals surface area contributed by atoms with Crippen LogP contribution in [-0.4, -0.2) is 35.9 Å². The van der Waals surface area contributed by atoms with E-state index < -0.39 is 24.4 Å². The summed E-state index contributed by atoms with van der Waals surface area (Å²) in [7, 11) is 0. The average molecular weight is 397 g/mol. The third-order valence-electron chi connectivity index (χ3n) is 5.48. The van der Waals surface area contributed by atoms with E-state index in [1.807, 2.05) is 24.3 Å². The van der Waals surface area contributed by atoms with E-state index >= 15 is 0 Å². The fourth-order valence-corrected chi connectivity index (χ4v) is 3.80. The van der Waals surface area contributed by atoms with Crippen LogP contribution in [0, 0.1) is 11.3 Å². The van der Waals surface area contributed by atoms with Crippen LogP contribution in [0.4, 0.5) is 0 Å². The second-order valence-corrected chi connectivity index (χ2v) is 8.55. The molecule has 1 aromatic heterocycles. The largest absolute Gasteiger partial charge is 0.452 e. The van der Waals surface area contributed by atoms with Gasteiger partial charge in [0.05, 0.1) is 17.6 Å². The Hall–Kier alpha value is -2.96. The molecule has 0 saturated heterocycles. The zero-order valence-electron chi connectivity index (χ0n) is 17.1. The lowest BCUT2D eigenvalue weighted by Gasteiger charge is -2.35. The molecule has 7 heteroatoms. The van der Waals surface area contributed by atoms with Gasteiger partial charge in [-0.15, -0.1) is 0 Å². The minimum atomic E-state index is -0.660. The SMILES string of the molecule is CC(C)(C)[C@H]1CCc2nc3ccccc3c(C(=O)OCC(=O)NCC(N)=O)c2C1. The molecule has 1 heterocycles. The molecule has 0 spiro atoms. The van der Waals surface area contributed by atoms with Crippen molar-refractivity contribution in [2.24, 2.45) is 17.1 Å². The first-order valence-electron chi connectivity index (χ1n) is 9.79. The zero-order valence-corrected chi connectivity index (χ0v) is 17.1. The first kappa shape index (κ1) is 20.8. The van der Waals surface area contributed by atoms with Crippen LogP contribution in [0.1, 0.15) is 48.8 Å². The van der Waals surface area contributed by atoms with Gasteiger partial charge in [-0.25, -0.2) is 4.79 Å². The Morgan fingerprint density at radius 3 is 2.66 bits per heavy atom. The Bertz CT molecular complexity index is 962. The van der Waals surface area contributed by atoms with Gasteiger partial charge in [-0.2, -0.15) is 0 Å². The monoisotopic (exact) mass is 397 g/mol. The van der Waals surface area contributed by atoms with Gasteiger partial charge in [-0.1, -0.05) is 39.0 Å². The summed E-state index contributed by atoms with van der Waals surface area (Å²) in [5.74, 6) is -1.36. The lowest BCUT2D eigenvalue weighted by atomic mass is 9.70. The predicted molar refractivity (Wildman–Crippen MR) is 109 cm³/mol. The molecule has 1 atom stereocenters. The summed E-state index contributed by atoms with van der Waals surface area (Å²) >= 11 is 0. The number of pyridine rings is 1. The van der Waals surface area contributed by atoms with Crippen LogP contribution in [0.25, 0.3) is 10.9 Å². The van der Waals surface area contributed by atoms with Gasteiger partial charge in [0.1, 0.15) is 0 Å². The molecule has 0 saturated carbocycles. The van der Waals surface area contributed by atoms with Crippen LogP contribution in [0.2, 0.25) is 0 Å². The molecule has 3 rings (SSSR count). The molecular formula is C22H27N3O4. The molecule has 2 aromatic rings. The zero-order chi connectivity index (χ0) is 21.2. The molecule has 1 aliphatic rings. The summed E-state index contributed by atoms with van der Waals surface area (Å²) in [5.41, 5.74) is 8.19. The van der Waals surface area contributed by atoms with Gasteiger partial charge in [0.15, 0.2) is 6.61 Å². The van der Waals surface area contributed by atoms with E-state index in [2.05, 4.69) is 26.1 Å². The minimum absolute atomic E-state index is 0.110. The first-order valence-corrected chi connectivity index (χ1v) is 9.79. The second kappa shape index (κ2) is 8.19. The molecule has 7 nitrogen and oxygen atoms in total. The summed E-state index contributed by atoms with van der Waals surface area (Å²) in [4.78, 5) is 40.4. The number of hydrogen-bond donors (Lipinski definition) is 2. The molecular weight excluding hydrogens is 370 g/mol. The number of carbonyl (C=O) groups is 3. The Labute approximate surface area is 170 Å². The molecule has 0 bridgehead atoms. The van der Waals surface area contributed by atoms with Crippen molar-refractivity contribution in [1.29, 1.82) is 0 Å². The summed E-state index contributed by atoms with van der Waals surface area (Å²) in [6.07, 6.45) is 2.57. The summed E-state index contributed by atoms with van der Waals surface area (Å²) in [6.45, 7) is 5.85. The molecule has 1 aromatic carbocycles. The normalized spacial score (nSPS) is 16.2. The number of amides is 2. The third-order valence-corrected chi connectivity index (χ3v) is 5.48. The van der Waals surface area contributed by atoms with Gasteiger partial charge in [-0.05, 0) is 42.2 Å². The van der Waals surface area contributed by atoms with E-state index in [9.17, 15) is 14.4 Å². The Morgan fingerprint density at radius 1 is 1.24 bits per heavy atom. The number of fused-ring (bicyclic) bond motifs is 2. The number of carbonyl (C=O) groups excluding carboxylic acids is 3. The Kier molecular flexibility index (Phi) is 5.86. The van der Waals surface area contributed by atoms with Gasteiger partial charge >= 0.3 is 5.97 Å². The lowest BCUT2D eigenvalue weighted by Crippen LogP contribution is -2.36. The molecule has 154 valence electrons. The van der Waals surface area contributed by atoms with Crippen molar-refractivity contribution in [3.8, 4) is 0 Å². The predicted octanol–water partition coefficient (Wildman–Crippen LogP) is 2.14. The summed E-state index contributed by atoms with van der Waals surface area (Å²) in [6, 6.07) is 7.47. The summed E-state index contributed by atoms with van der Waals surface area (Å²) in [5, 5.41) is 3.04. The average Bonchev–Trinajstić information content (AvgIpc) is 2.67. The molecule has 3 N–H and O–H groups in total. The standard InChI is InChI=1S/C22H27N3O4/c1-22(2,3)13-8-9-17-15(10-13)20(14-6-4-5-7-16(14)25-17)21(28)29-12-19(27)24-11-18(23)26/h4-7,13H,8-12H2,1-3H3,(H2,23,26)(H,24,27)/t13-/m0/s1. The van der Waals surface area contributed by atoms with Crippen LogP contribution in [0.5, 0.6) is 0 Å². The number of aryl methyl sites for hydroxylation is 1. The van der Waals surface area contributed by atoms with Crippen molar-refractivity contribution in [3.05, 3.63) is 41.1 Å².